The van der Waals surface area contributed by atoms with Crippen molar-refractivity contribution in [3.05, 3.63) is 84.2 Å². The Kier molecular flexibility index (Phi) is 3.79. The van der Waals surface area contributed by atoms with Gasteiger partial charge in [0.1, 0.15) is 5.76 Å². The highest BCUT2D eigenvalue weighted by Gasteiger charge is 2.25. The Balaban J connectivity index is 1.91. The number of fused-ring (bicyclic) bond motifs is 3. The van der Waals surface area contributed by atoms with Crippen LogP contribution in [0.5, 0.6) is 0 Å². The summed E-state index contributed by atoms with van der Waals surface area (Å²) >= 11 is 6.45. The Morgan fingerprint density at radius 2 is 1.79 bits per heavy atom. The van der Waals surface area contributed by atoms with E-state index in [0.29, 0.717) is 32.7 Å². The molecule has 3 aromatic heterocycles. The van der Waals surface area contributed by atoms with Crippen LogP contribution in [0.2, 0.25) is 5.02 Å². The molecular formula is C21H13ClN2O3S. The van der Waals surface area contributed by atoms with Crippen LogP contribution in [0.15, 0.2) is 88.5 Å². The van der Waals surface area contributed by atoms with Crippen molar-refractivity contribution in [1.82, 2.24) is 8.96 Å². The summed E-state index contributed by atoms with van der Waals surface area (Å²) in [6, 6.07) is 19.0. The Morgan fingerprint density at radius 3 is 2.54 bits per heavy atom. The van der Waals surface area contributed by atoms with E-state index in [2.05, 4.69) is 4.98 Å². The number of benzene rings is 2. The van der Waals surface area contributed by atoms with Crippen LogP contribution in [-0.2, 0) is 10.0 Å². The third-order valence-electron chi connectivity index (χ3n) is 4.64. The fourth-order valence-electron chi connectivity index (χ4n) is 3.40. The van der Waals surface area contributed by atoms with Crippen molar-refractivity contribution < 1.29 is 12.8 Å². The highest BCUT2D eigenvalue weighted by atomic mass is 35.5. The first-order valence-corrected chi connectivity index (χ1v) is 10.3. The van der Waals surface area contributed by atoms with Crippen LogP contribution in [0.25, 0.3) is 33.3 Å². The van der Waals surface area contributed by atoms with Gasteiger partial charge in [0.2, 0.25) is 0 Å². The van der Waals surface area contributed by atoms with Crippen LogP contribution < -0.4 is 0 Å². The van der Waals surface area contributed by atoms with Gasteiger partial charge in [0.15, 0.2) is 5.65 Å². The van der Waals surface area contributed by atoms with Gasteiger partial charge in [0.25, 0.3) is 10.0 Å². The van der Waals surface area contributed by atoms with Gasteiger partial charge in [-0.2, -0.15) is 0 Å². The molecule has 0 aliphatic rings. The minimum Gasteiger partial charge on any atom is -0.464 e. The number of aromatic nitrogens is 2. The molecule has 0 atom stereocenters. The molecule has 5 aromatic rings. The molecule has 0 unspecified atom stereocenters. The first-order valence-electron chi connectivity index (χ1n) is 8.50. The summed E-state index contributed by atoms with van der Waals surface area (Å²) in [6.07, 6.45) is 3.10. The standard InChI is InChI=1S/C21H13ClN2O3S/c22-17-10-11-23-21-20(17)16-13-14(19-7-4-12-27-19)8-9-18(16)24(21)28(25,26)15-5-2-1-3-6-15/h1-13H. The predicted octanol–water partition coefficient (Wildman–Crippen LogP) is 5.34. The Morgan fingerprint density at radius 1 is 0.964 bits per heavy atom. The molecule has 0 fully saturated rings. The van der Waals surface area contributed by atoms with E-state index in [-0.39, 0.29) is 4.90 Å². The molecule has 0 aliphatic heterocycles. The summed E-state index contributed by atoms with van der Waals surface area (Å²) in [5.41, 5.74) is 1.63. The van der Waals surface area contributed by atoms with Crippen molar-refractivity contribution in [2.24, 2.45) is 0 Å². The van der Waals surface area contributed by atoms with Crippen LogP contribution >= 0.6 is 11.6 Å². The third-order valence-corrected chi connectivity index (χ3v) is 6.68. The Bertz CT molecular complexity index is 1420. The fourth-order valence-corrected chi connectivity index (χ4v) is 5.13. The van der Waals surface area contributed by atoms with E-state index in [1.54, 1.807) is 54.8 Å². The molecule has 3 heterocycles. The van der Waals surface area contributed by atoms with E-state index in [1.165, 1.54) is 10.2 Å². The molecular weight excluding hydrogens is 396 g/mol. The Labute approximate surface area is 165 Å². The Hall–Kier alpha value is -3.09. The molecule has 0 bridgehead atoms. The van der Waals surface area contributed by atoms with Crippen molar-refractivity contribution in [3.8, 4) is 11.3 Å². The smallest absolute Gasteiger partial charge is 0.269 e. The normalized spacial score (nSPS) is 12.0. The molecule has 5 nitrogen and oxygen atoms in total. The van der Waals surface area contributed by atoms with Gasteiger partial charge in [0, 0.05) is 22.5 Å². The number of hydrogen-bond donors (Lipinski definition) is 0. The first kappa shape index (κ1) is 17.0. The van der Waals surface area contributed by atoms with Gasteiger partial charge in [-0.15, -0.1) is 0 Å². The third kappa shape index (κ3) is 2.46. The SMILES string of the molecule is O=S(=O)(c1ccccc1)n1c2ccc(-c3ccco3)cc2c2c(Cl)ccnc21. The summed E-state index contributed by atoms with van der Waals surface area (Å²) in [6.45, 7) is 0. The highest BCUT2D eigenvalue weighted by Crippen LogP contribution is 2.37. The molecule has 0 N–H and O–H groups in total. The zero-order valence-corrected chi connectivity index (χ0v) is 16.0. The number of pyridine rings is 1. The maximum absolute atomic E-state index is 13.4. The predicted molar refractivity (Wildman–Crippen MR) is 109 cm³/mol. The first-order chi connectivity index (χ1) is 13.6. The quantitative estimate of drug-likeness (QED) is 0.404. The van der Waals surface area contributed by atoms with E-state index in [4.69, 9.17) is 16.0 Å². The zero-order chi connectivity index (χ0) is 19.3. The van der Waals surface area contributed by atoms with E-state index in [9.17, 15) is 8.42 Å². The van der Waals surface area contributed by atoms with E-state index in [0.717, 1.165) is 5.56 Å². The summed E-state index contributed by atoms with van der Waals surface area (Å²) in [5, 5.41) is 1.72. The van der Waals surface area contributed by atoms with Gasteiger partial charge < -0.3 is 4.42 Å². The molecule has 0 saturated carbocycles. The van der Waals surface area contributed by atoms with Crippen molar-refractivity contribution >= 4 is 43.6 Å². The van der Waals surface area contributed by atoms with Gasteiger partial charge in [-0.25, -0.2) is 17.4 Å². The summed E-state index contributed by atoms with van der Waals surface area (Å²) in [4.78, 5) is 4.53. The summed E-state index contributed by atoms with van der Waals surface area (Å²) in [7, 11) is -3.86. The molecule has 0 amide bonds. The van der Waals surface area contributed by atoms with Gasteiger partial charge in [-0.05, 0) is 48.5 Å². The van der Waals surface area contributed by atoms with Gasteiger partial charge in [-0.3, -0.25) is 0 Å². The van der Waals surface area contributed by atoms with Crippen LogP contribution in [0.3, 0.4) is 0 Å². The summed E-state index contributed by atoms with van der Waals surface area (Å²) < 4.78 is 33.6. The van der Waals surface area contributed by atoms with Crippen LogP contribution in [0.4, 0.5) is 0 Å². The molecule has 138 valence electrons. The number of furan rings is 1. The van der Waals surface area contributed by atoms with Gasteiger partial charge in [-0.1, -0.05) is 29.8 Å². The zero-order valence-electron chi connectivity index (χ0n) is 14.4. The lowest BCUT2D eigenvalue weighted by Gasteiger charge is -2.08. The van der Waals surface area contributed by atoms with E-state index < -0.39 is 10.0 Å². The topological polar surface area (TPSA) is 65.1 Å². The van der Waals surface area contributed by atoms with Crippen molar-refractivity contribution in [2.45, 2.75) is 4.90 Å². The van der Waals surface area contributed by atoms with E-state index in [1.807, 2.05) is 18.2 Å². The molecule has 7 heteroatoms. The van der Waals surface area contributed by atoms with Crippen LogP contribution in [-0.4, -0.2) is 17.4 Å². The monoisotopic (exact) mass is 408 g/mol. The van der Waals surface area contributed by atoms with Crippen LogP contribution in [0, 0.1) is 0 Å². The lowest BCUT2D eigenvalue weighted by molar-refractivity contribution is 0.582. The maximum atomic E-state index is 13.4. The number of nitrogens with zero attached hydrogens (tertiary/aromatic N) is 2. The molecule has 0 aliphatic carbocycles. The van der Waals surface area contributed by atoms with Crippen molar-refractivity contribution in [3.63, 3.8) is 0 Å². The lowest BCUT2D eigenvalue weighted by Crippen LogP contribution is -2.13. The number of halogens is 1. The molecule has 28 heavy (non-hydrogen) atoms. The highest BCUT2D eigenvalue weighted by molar-refractivity contribution is 7.90. The largest absolute Gasteiger partial charge is 0.464 e. The van der Waals surface area contributed by atoms with Gasteiger partial charge in [0.05, 0.1) is 21.7 Å². The minimum absolute atomic E-state index is 0.186. The lowest BCUT2D eigenvalue weighted by atomic mass is 10.1. The van der Waals surface area contributed by atoms with Gasteiger partial charge >= 0.3 is 0 Å². The summed E-state index contributed by atoms with van der Waals surface area (Å²) in [5.74, 6) is 0.689. The average molecular weight is 409 g/mol. The second kappa shape index (κ2) is 6.22. The molecule has 0 radical (unpaired) electrons. The number of hydrogen-bond acceptors (Lipinski definition) is 4. The van der Waals surface area contributed by atoms with Crippen molar-refractivity contribution in [1.29, 1.82) is 0 Å². The maximum Gasteiger partial charge on any atom is 0.269 e. The fraction of sp³-hybridized carbons (Fsp3) is 0. The second-order valence-electron chi connectivity index (χ2n) is 6.28. The minimum atomic E-state index is -3.86. The second-order valence-corrected chi connectivity index (χ2v) is 8.48. The average Bonchev–Trinajstić information content (AvgIpc) is 3.35. The molecule has 5 rings (SSSR count). The number of rotatable bonds is 3. The molecule has 2 aromatic carbocycles. The molecule has 0 spiro atoms. The van der Waals surface area contributed by atoms with E-state index >= 15 is 0 Å². The van der Waals surface area contributed by atoms with Crippen molar-refractivity contribution in [2.75, 3.05) is 0 Å². The molecule has 0 saturated heterocycles. The van der Waals surface area contributed by atoms with Crippen LogP contribution in [0.1, 0.15) is 0 Å².